The number of benzene rings is 1. The summed E-state index contributed by atoms with van der Waals surface area (Å²) in [7, 11) is 0. The molecule has 2 aromatic rings. The predicted octanol–water partition coefficient (Wildman–Crippen LogP) is -0.459. The number of hydrogen-bond acceptors (Lipinski definition) is 6. The first kappa shape index (κ1) is 10.9. The van der Waals surface area contributed by atoms with Crippen molar-refractivity contribution < 1.29 is 15.0 Å². The number of aromatic hydroxyl groups is 2. The first-order valence-corrected chi connectivity index (χ1v) is 4.68. The van der Waals surface area contributed by atoms with Crippen molar-refractivity contribution in [2.45, 2.75) is 6.54 Å². The molecule has 1 aromatic heterocycles. The van der Waals surface area contributed by atoms with Gasteiger partial charge in [0.15, 0.2) is 5.82 Å². The molecule has 1 amide bonds. The number of phenolic OH excluding ortho intramolecular Hbond substituents is 2. The third kappa shape index (κ3) is 2.68. The summed E-state index contributed by atoms with van der Waals surface area (Å²) in [6, 6.07) is 3.62. The molecular weight excluding hydrogens is 226 g/mol. The zero-order chi connectivity index (χ0) is 12.3. The maximum atomic E-state index is 11.6. The molecule has 0 unspecified atom stereocenters. The van der Waals surface area contributed by atoms with Crippen molar-refractivity contribution in [1.29, 1.82) is 0 Å². The summed E-state index contributed by atoms with van der Waals surface area (Å²) in [6.45, 7) is 0.103. The Labute approximate surface area is 95.3 Å². The fraction of sp³-hybridized carbons (Fsp3) is 0.111. The van der Waals surface area contributed by atoms with Crippen LogP contribution in [0.2, 0.25) is 0 Å². The SMILES string of the molecule is O=C(NCc1nn[nH]n1)c1cc(O)cc(O)c1. The predicted molar refractivity (Wildman–Crippen MR) is 55.1 cm³/mol. The number of rotatable bonds is 3. The van der Waals surface area contributed by atoms with Crippen molar-refractivity contribution in [3.8, 4) is 11.5 Å². The summed E-state index contributed by atoms with van der Waals surface area (Å²) in [5.74, 6) is -0.492. The molecule has 88 valence electrons. The van der Waals surface area contributed by atoms with Gasteiger partial charge in [-0.2, -0.15) is 5.21 Å². The Morgan fingerprint density at radius 3 is 2.59 bits per heavy atom. The molecule has 8 nitrogen and oxygen atoms in total. The van der Waals surface area contributed by atoms with Crippen LogP contribution in [0.3, 0.4) is 0 Å². The quantitative estimate of drug-likeness (QED) is 0.570. The Bertz CT molecular complexity index is 505. The van der Waals surface area contributed by atoms with E-state index in [9.17, 15) is 15.0 Å². The molecule has 0 fully saturated rings. The van der Waals surface area contributed by atoms with E-state index in [4.69, 9.17) is 0 Å². The van der Waals surface area contributed by atoms with E-state index in [1.54, 1.807) is 0 Å². The maximum absolute atomic E-state index is 11.6. The Morgan fingerprint density at radius 1 is 1.29 bits per heavy atom. The smallest absolute Gasteiger partial charge is 0.251 e. The van der Waals surface area contributed by atoms with Crippen molar-refractivity contribution in [2.24, 2.45) is 0 Å². The molecule has 0 aliphatic rings. The molecule has 1 aromatic carbocycles. The van der Waals surface area contributed by atoms with E-state index in [0.717, 1.165) is 6.07 Å². The van der Waals surface area contributed by atoms with Gasteiger partial charge in [0.05, 0.1) is 6.54 Å². The Balaban J connectivity index is 2.04. The Hall–Kier alpha value is -2.64. The molecule has 0 aliphatic heterocycles. The Kier molecular flexibility index (Phi) is 2.86. The van der Waals surface area contributed by atoms with Crippen LogP contribution in [-0.4, -0.2) is 36.7 Å². The average Bonchev–Trinajstić information content (AvgIpc) is 2.77. The van der Waals surface area contributed by atoms with Gasteiger partial charge in [-0.3, -0.25) is 4.79 Å². The lowest BCUT2D eigenvalue weighted by Gasteiger charge is -2.03. The molecule has 0 aliphatic carbocycles. The molecule has 4 N–H and O–H groups in total. The van der Waals surface area contributed by atoms with Crippen molar-refractivity contribution >= 4 is 5.91 Å². The van der Waals surface area contributed by atoms with Crippen molar-refractivity contribution in [1.82, 2.24) is 25.9 Å². The van der Waals surface area contributed by atoms with E-state index in [-0.39, 0.29) is 23.6 Å². The van der Waals surface area contributed by atoms with Gasteiger partial charge in [0, 0.05) is 11.6 Å². The van der Waals surface area contributed by atoms with Gasteiger partial charge < -0.3 is 15.5 Å². The molecule has 17 heavy (non-hydrogen) atoms. The summed E-state index contributed by atoms with van der Waals surface area (Å²) < 4.78 is 0. The number of H-pyrrole nitrogens is 1. The van der Waals surface area contributed by atoms with Gasteiger partial charge in [0.1, 0.15) is 11.5 Å². The monoisotopic (exact) mass is 235 g/mol. The highest BCUT2D eigenvalue weighted by molar-refractivity contribution is 5.94. The maximum Gasteiger partial charge on any atom is 0.251 e. The molecule has 2 rings (SSSR count). The van der Waals surface area contributed by atoms with Crippen LogP contribution in [-0.2, 0) is 6.54 Å². The van der Waals surface area contributed by atoms with Crippen molar-refractivity contribution in [3.05, 3.63) is 29.6 Å². The van der Waals surface area contributed by atoms with Crippen LogP contribution in [0.4, 0.5) is 0 Å². The summed E-state index contributed by atoms with van der Waals surface area (Å²) in [6.07, 6.45) is 0. The van der Waals surface area contributed by atoms with Gasteiger partial charge in [0.25, 0.3) is 5.91 Å². The number of nitrogens with zero attached hydrogens (tertiary/aromatic N) is 3. The van der Waals surface area contributed by atoms with Gasteiger partial charge in [-0.1, -0.05) is 5.21 Å². The van der Waals surface area contributed by atoms with Crippen LogP contribution in [0.1, 0.15) is 16.2 Å². The highest BCUT2D eigenvalue weighted by Gasteiger charge is 2.09. The topological polar surface area (TPSA) is 124 Å². The van der Waals surface area contributed by atoms with Gasteiger partial charge in [0.2, 0.25) is 0 Å². The molecule has 1 heterocycles. The minimum atomic E-state index is -0.457. The second-order valence-electron chi connectivity index (χ2n) is 3.25. The van der Waals surface area contributed by atoms with Gasteiger partial charge in [-0.05, 0) is 12.1 Å². The minimum Gasteiger partial charge on any atom is -0.508 e. The summed E-state index contributed by atoms with van der Waals surface area (Å²) in [5, 5.41) is 33.8. The largest absolute Gasteiger partial charge is 0.508 e. The molecule has 0 saturated carbocycles. The second kappa shape index (κ2) is 4.47. The second-order valence-corrected chi connectivity index (χ2v) is 3.25. The minimum absolute atomic E-state index is 0.103. The number of nitrogens with one attached hydrogen (secondary N) is 2. The fourth-order valence-corrected chi connectivity index (χ4v) is 1.25. The van der Waals surface area contributed by atoms with Crippen LogP contribution in [0.25, 0.3) is 0 Å². The zero-order valence-corrected chi connectivity index (χ0v) is 8.58. The number of carbonyl (C=O) groups is 1. The standard InChI is InChI=1S/C9H9N5O3/c15-6-1-5(2-7(16)3-6)9(17)10-4-8-11-13-14-12-8/h1-3,15-16H,4H2,(H,10,17)(H,11,12,13,14). The molecule has 8 heteroatoms. The highest BCUT2D eigenvalue weighted by Crippen LogP contribution is 2.20. The number of aromatic nitrogens is 4. The van der Waals surface area contributed by atoms with Crippen LogP contribution in [0, 0.1) is 0 Å². The third-order valence-corrected chi connectivity index (χ3v) is 1.96. The molecular formula is C9H9N5O3. The number of carbonyl (C=O) groups excluding carboxylic acids is 1. The lowest BCUT2D eigenvalue weighted by molar-refractivity contribution is 0.0949. The normalized spacial score (nSPS) is 10.1. The zero-order valence-electron chi connectivity index (χ0n) is 8.58. The van der Waals surface area contributed by atoms with Crippen LogP contribution < -0.4 is 5.32 Å². The molecule has 0 atom stereocenters. The van der Waals surface area contributed by atoms with Crippen molar-refractivity contribution in [2.75, 3.05) is 0 Å². The average molecular weight is 235 g/mol. The number of aromatic amines is 1. The first-order chi connectivity index (χ1) is 8.15. The summed E-state index contributed by atoms with van der Waals surface area (Å²) in [4.78, 5) is 11.6. The first-order valence-electron chi connectivity index (χ1n) is 4.68. The van der Waals surface area contributed by atoms with E-state index >= 15 is 0 Å². The summed E-state index contributed by atoms with van der Waals surface area (Å²) in [5.41, 5.74) is 0.144. The van der Waals surface area contributed by atoms with E-state index in [2.05, 4.69) is 25.9 Å². The van der Waals surface area contributed by atoms with E-state index in [0.29, 0.717) is 5.82 Å². The van der Waals surface area contributed by atoms with Crippen molar-refractivity contribution in [3.63, 3.8) is 0 Å². The molecule has 0 bridgehead atoms. The molecule has 0 spiro atoms. The lowest BCUT2D eigenvalue weighted by Crippen LogP contribution is -2.23. The van der Waals surface area contributed by atoms with E-state index in [1.165, 1.54) is 12.1 Å². The van der Waals surface area contributed by atoms with Gasteiger partial charge >= 0.3 is 0 Å². The Morgan fingerprint density at radius 2 is 2.00 bits per heavy atom. The number of amides is 1. The fourth-order valence-electron chi connectivity index (χ4n) is 1.25. The number of phenols is 2. The van der Waals surface area contributed by atoms with Crippen LogP contribution in [0.5, 0.6) is 11.5 Å². The molecule has 0 saturated heterocycles. The van der Waals surface area contributed by atoms with Gasteiger partial charge in [-0.25, -0.2) is 0 Å². The lowest BCUT2D eigenvalue weighted by atomic mass is 10.2. The van der Waals surface area contributed by atoms with E-state index < -0.39 is 5.91 Å². The van der Waals surface area contributed by atoms with Gasteiger partial charge in [-0.15, -0.1) is 10.2 Å². The summed E-state index contributed by atoms with van der Waals surface area (Å²) >= 11 is 0. The third-order valence-electron chi connectivity index (χ3n) is 1.96. The number of hydrogen-bond donors (Lipinski definition) is 4. The van der Waals surface area contributed by atoms with Crippen LogP contribution in [0.15, 0.2) is 18.2 Å². The van der Waals surface area contributed by atoms with Crippen LogP contribution >= 0.6 is 0 Å². The number of tetrazole rings is 1. The molecule has 0 radical (unpaired) electrons. The highest BCUT2D eigenvalue weighted by atomic mass is 16.3. The van der Waals surface area contributed by atoms with E-state index in [1.807, 2.05) is 0 Å².